The van der Waals surface area contributed by atoms with Crippen molar-refractivity contribution in [3.63, 3.8) is 0 Å². The van der Waals surface area contributed by atoms with E-state index in [9.17, 15) is 9.59 Å². The summed E-state index contributed by atoms with van der Waals surface area (Å²) < 4.78 is 0. The van der Waals surface area contributed by atoms with Gasteiger partial charge in [-0.2, -0.15) is 0 Å². The number of aldehydes is 1. The number of carbonyl (C=O) groups excluding carboxylic acids is 2. The van der Waals surface area contributed by atoms with Gasteiger partial charge in [0.15, 0.2) is 12.1 Å². The first-order chi connectivity index (χ1) is 6.13. The molecule has 4 heteroatoms. The molecule has 0 aliphatic rings. The standard InChI is InChI=1S/C9H11NO2S/c1-10(2)4-8(12)9-3-7(5-11)6-13-9/h3,5-6H,4H2,1-2H3. The van der Waals surface area contributed by atoms with Crippen molar-refractivity contribution in [2.24, 2.45) is 0 Å². The van der Waals surface area contributed by atoms with Crippen LogP contribution in [-0.4, -0.2) is 37.6 Å². The van der Waals surface area contributed by atoms with Crippen molar-refractivity contribution < 1.29 is 9.59 Å². The number of thiophene rings is 1. The molecule has 0 amide bonds. The van der Waals surface area contributed by atoms with E-state index in [-0.39, 0.29) is 5.78 Å². The maximum absolute atomic E-state index is 11.4. The van der Waals surface area contributed by atoms with Gasteiger partial charge < -0.3 is 4.90 Å². The van der Waals surface area contributed by atoms with Crippen LogP contribution in [0.2, 0.25) is 0 Å². The van der Waals surface area contributed by atoms with Gasteiger partial charge in [-0.25, -0.2) is 0 Å². The molecule has 1 aromatic rings. The molecule has 0 bridgehead atoms. The van der Waals surface area contributed by atoms with E-state index in [1.807, 2.05) is 19.0 Å². The number of rotatable bonds is 4. The molecule has 1 heterocycles. The molecule has 0 saturated heterocycles. The van der Waals surface area contributed by atoms with Gasteiger partial charge >= 0.3 is 0 Å². The zero-order chi connectivity index (χ0) is 9.84. The molecular formula is C9H11NO2S. The summed E-state index contributed by atoms with van der Waals surface area (Å²) in [6.45, 7) is 0.388. The molecule has 0 N–H and O–H groups in total. The Kier molecular flexibility index (Phi) is 3.33. The lowest BCUT2D eigenvalue weighted by Gasteiger charge is -2.05. The molecule has 3 nitrogen and oxygen atoms in total. The molecule has 0 aliphatic carbocycles. The molecule has 0 atom stereocenters. The van der Waals surface area contributed by atoms with Crippen LogP contribution in [0.25, 0.3) is 0 Å². The summed E-state index contributed by atoms with van der Waals surface area (Å²) in [7, 11) is 3.68. The minimum atomic E-state index is 0.0584. The largest absolute Gasteiger partial charge is 0.302 e. The molecule has 0 spiro atoms. The number of ketones is 1. The Bertz CT molecular complexity index is 317. The summed E-state index contributed by atoms with van der Waals surface area (Å²) in [6, 6.07) is 1.63. The smallest absolute Gasteiger partial charge is 0.186 e. The summed E-state index contributed by atoms with van der Waals surface area (Å²) in [5.74, 6) is 0.0584. The van der Waals surface area contributed by atoms with Crippen LogP contribution in [-0.2, 0) is 0 Å². The van der Waals surface area contributed by atoms with E-state index in [2.05, 4.69) is 0 Å². The molecule has 0 aliphatic heterocycles. The van der Waals surface area contributed by atoms with Crippen molar-refractivity contribution >= 4 is 23.4 Å². The number of hydrogen-bond acceptors (Lipinski definition) is 4. The summed E-state index contributed by atoms with van der Waals surface area (Å²) >= 11 is 1.32. The Morgan fingerprint density at radius 2 is 2.31 bits per heavy atom. The molecule has 1 aromatic heterocycles. The highest BCUT2D eigenvalue weighted by Crippen LogP contribution is 2.13. The number of Topliss-reactive ketones (excluding diaryl/α,β-unsaturated/α-hetero) is 1. The molecule has 1 rings (SSSR count). The van der Waals surface area contributed by atoms with E-state index in [0.717, 1.165) is 6.29 Å². The third kappa shape index (κ3) is 2.75. The second kappa shape index (κ2) is 4.30. The maximum atomic E-state index is 11.4. The number of likely N-dealkylation sites (N-methyl/N-ethyl adjacent to an activating group) is 1. The van der Waals surface area contributed by atoms with Gasteiger partial charge in [0.1, 0.15) is 0 Å². The van der Waals surface area contributed by atoms with E-state index >= 15 is 0 Å². The Hall–Kier alpha value is -1.00. The lowest BCUT2D eigenvalue weighted by molar-refractivity contribution is 0.0962. The first kappa shape index (κ1) is 10.1. The van der Waals surface area contributed by atoms with E-state index in [4.69, 9.17) is 0 Å². The third-order valence-electron chi connectivity index (χ3n) is 1.49. The Morgan fingerprint density at radius 1 is 1.62 bits per heavy atom. The van der Waals surface area contributed by atoms with Crippen molar-refractivity contribution in [2.75, 3.05) is 20.6 Å². The first-order valence-corrected chi connectivity index (χ1v) is 4.73. The third-order valence-corrected chi connectivity index (χ3v) is 2.48. The van der Waals surface area contributed by atoms with Gasteiger partial charge in [0.05, 0.1) is 11.4 Å². The molecule has 0 saturated carbocycles. The second-order valence-corrected chi connectivity index (χ2v) is 3.93. The lowest BCUT2D eigenvalue weighted by Crippen LogP contribution is -2.20. The van der Waals surface area contributed by atoms with Crippen LogP contribution < -0.4 is 0 Å². The fourth-order valence-electron chi connectivity index (χ4n) is 0.924. The van der Waals surface area contributed by atoms with E-state index in [0.29, 0.717) is 17.0 Å². The van der Waals surface area contributed by atoms with Crippen LogP contribution in [0.1, 0.15) is 20.0 Å². The van der Waals surface area contributed by atoms with Crippen molar-refractivity contribution in [2.45, 2.75) is 0 Å². The summed E-state index contributed by atoms with van der Waals surface area (Å²) in [6.07, 6.45) is 0.753. The van der Waals surface area contributed by atoms with Crippen LogP contribution in [0.4, 0.5) is 0 Å². The van der Waals surface area contributed by atoms with E-state index < -0.39 is 0 Å². The van der Waals surface area contributed by atoms with Gasteiger partial charge in [0.2, 0.25) is 0 Å². The number of hydrogen-bond donors (Lipinski definition) is 0. The highest BCUT2D eigenvalue weighted by atomic mass is 32.1. The van der Waals surface area contributed by atoms with Gasteiger partial charge in [0, 0.05) is 10.9 Å². The molecular weight excluding hydrogens is 186 g/mol. The van der Waals surface area contributed by atoms with Crippen molar-refractivity contribution in [1.29, 1.82) is 0 Å². The fourth-order valence-corrected chi connectivity index (χ4v) is 1.71. The maximum Gasteiger partial charge on any atom is 0.186 e. The topological polar surface area (TPSA) is 37.4 Å². The summed E-state index contributed by atoms with van der Waals surface area (Å²) in [4.78, 5) is 24.2. The minimum absolute atomic E-state index is 0.0584. The Morgan fingerprint density at radius 3 is 2.77 bits per heavy atom. The second-order valence-electron chi connectivity index (χ2n) is 3.02. The van der Waals surface area contributed by atoms with Crippen LogP contribution >= 0.6 is 11.3 Å². The molecule has 0 aromatic carbocycles. The average Bonchev–Trinajstić information content (AvgIpc) is 2.50. The highest BCUT2D eigenvalue weighted by Gasteiger charge is 2.09. The molecule has 70 valence electrons. The number of carbonyl (C=O) groups is 2. The van der Waals surface area contributed by atoms with Crippen LogP contribution in [0.3, 0.4) is 0 Å². The quantitative estimate of drug-likeness (QED) is 0.539. The monoisotopic (exact) mass is 197 g/mol. The first-order valence-electron chi connectivity index (χ1n) is 3.85. The van der Waals surface area contributed by atoms with E-state index in [1.54, 1.807) is 11.4 Å². The lowest BCUT2D eigenvalue weighted by atomic mass is 10.2. The normalized spacial score (nSPS) is 10.4. The SMILES string of the molecule is CN(C)CC(=O)c1cc(C=O)cs1. The molecule has 13 heavy (non-hydrogen) atoms. The van der Waals surface area contributed by atoms with E-state index in [1.165, 1.54) is 11.3 Å². The minimum Gasteiger partial charge on any atom is -0.302 e. The van der Waals surface area contributed by atoms with Crippen LogP contribution in [0, 0.1) is 0 Å². The Balaban J connectivity index is 2.71. The van der Waals surface area contributed by atoms with Crippen LogP contribution in [0.15, 0.2) is 11.4 Å². The molecule has 0 fully saturated rings. The van der Waals surface area contributed by atoms with Gasteiger partial charge in [0.25, 0.3) is 0 Å². The van der Waals surface area contributed by atoms with Gasteiger partial charge in [-0.3, -0.25) is 9.59 Å². The highest BCUT2D eigenvalue weighted by molar-refractivity contribution is 7.12. The van der Waals surface area contributed by atoms with Gasteiger partial charge in [-0.05, 0) is 20.2 Å². The van der Waals surface area contributed by atoms with Crippen LogP contribution in [0.5, 0.6) is 0 Å². The fraction of sp³-hybridized carbons (Fsp3) is 0.333. The predicted molar refractivity (Wildman–Crippen MR) is 52.6 cm³/mol. The van der Waals surface area contributed by atoms with Crippen molar-refractivity contribution in [3.8, 4) is 0 Å². The summed E-state index contributed by atoms with van der Waals surface area (Å²) in [5.41, 5.74) is 0.576. The Labute approximate surface area is 81.0 Å². The molecule has 0 unspecified atom stereocenters. The van der Waals surface area contributed by atoms with Gasteiger partial charge in [-0.15, -0.1) is 11.3 Å². The molecule has 0 radical (unpaired) electrons. The zero-order valence-electron chi connectivity index (χ0n) is 7.61. The summed E-state index contributed by atoms with van der Waals surface area (Å²) in [5, 5.41) is 1.69. The zero-order valence-corrected chi connectivity index (χ0v) is 8.43. The van der Waals surface area contributed by atoms with Crippen molar-refractivity contribution in [3.05, 3.63) is 21.9 Å². The van der Waals surface area contributed by atoms with Crippen molar-refractivity contribution in [1.82, 2.24) is 4.90 Å². The average molecular weight is 197 g/mol. The van der Waals surface area contributed by atoms with Gasteiger partial charge in [-0.1, -0.05) is 0 Å². The predicted octanol–water partition coefficient (Wildman–Crippen LogP) is 1.30. The number of nitrogens with zero attached hydrogens (tertiary/aromatic N) is 1.